The minimum atomic E-state index is -1.10. The maximum atomic E-state index is 12.7. The molecule has 2 saturated heterocycles. The number of halogens is 2. The number of imidazole rings is 1. The number of hydrogen-bond donors (Lipinski definition) is 0. The van der Waals surface area contributed by atoms with E-state index in [2.05, 4.69) is 51.1 Å². The summed E-state index contributed by atoms with van der Waals surface area (Å²) in [6, 6.07) is 21.7. The fourth-order valence-electron chi connectivity index (χ4n) is 6.34. The third-order valence-corrected chi connectivity index (χ3v) is 9.57. The highest BCUT2D eigenvalue weighted by Gasteiger charge is 2.45. The third kappa shape index (κ3) is 7.35. The van der Waals surface area contributed by atoms with Crippen molar-refractivity contribution in [3.63, 3.8) is 0 Å². The predicted octanol–water partition coefficient (Wildman–Crippen LogP) is 6.01. The molecule has 0 spiro atoms. The van der Waals surface area contributed by atoms with Crippen molar-refractivity contribution >= 4 is 34.6 Å². The number of benzene rings is 3. The molecule has 11 nitrogen and oxygen atoms in total. The summed E-state index contributed by atoms with van der Waals surface area (Å²) in [5, 5.41) is 5.29. The number of aromatic nitrogens is 5. The molecule has 49 heavy (non-hydrogen) atoms. The molecular weight excluding hydrogens is 665 g/mol. The second-order valence-electron chi connectivity index (χ2n) is 12.3. The molecule has 7 rings (SSSR count). The standard InChI is InChI=1S/C36H39Cl2N7O4/c1-2-3-15-45-35(46)44(26-40-45)30-7-5-28(6-8-30)42-17-19-43(20-18-42)29-9-11-31(12-10-29)47-22-32-23-48-36(49-32,24-41-16-14-39-25-41)33-13-4-27(37)21-34(33)38/h4-14,16,21,25-26,32H,2-3,15,17-20,22-24H2,1H3. The van der Waals surface area contributed by atoms with Crippen LogP contribution in [0.3, 0.4) is 0 Å². The smallest absolute Gasteiger partial charge is 0.350 e. The quantitative estimate of drug-likeness (QED) is 0.156. The average molecular weight is 705 g/mol. The number of piperazine rings is 1. The van der Waals surface area contributed by atoms with Gasteiger partial charge in [0.1, 0.15) is 24.8 Å². The Morgan fingerprint density at radius 1 is 0.918 bits per heavy atom. The number of anilines is 2. The molecule has 2 aromatic heterocycles. The first kappa shape index (κ1) is 33.2. The van der Waals surface area contributed by atoms with Gasteiger partial charge in [-0.3, -0.25) is 0 Å². The minimum Gasteiger partial charge on any atom is -0.491 e. The van der Waals surface area contributed by atoms with E-state index >= 15 is 0 Å². The van der Waals surface area contributed by atoms with Gasteiger partial charge in [-0.1, -0.05) is 42.6 Å². The third-order valence-electron chi connectivity index (χ3n) is 9.02. The van der Waals surface area contributed by atoms with Gasteiger partial charge in [0.25, 0.3) is 0 Å². The van der Waals surface area contributed by atoms with Crippen LogP contribution in [0.5, 0.6) is 5.75 Å². The van der Waals surface area contributed by atoms with Gasteiger partial charge in [-0.25, -0.2) is 19.0 Å². The van der Waals surface area contributed by atoms with Gasteiger partial charge in [-0.15, -0.1) is 0 Å². The van der Waals surface area contributed by atoms with Gasteiger partial charge in [0.05, 0.1) is 30.2 Å². The van der Waals surface area contributed by atoms with E-state index in [9.17, 15) is 4.79 Å². The first-order valence-corrected chi connectivity index (χ1v) is 17.4. The molecule has 256 valence electrons. The van der Waals surface area contributed by atoms with Gasteiger partial charge in [0.2, 0.25) is 5.79 Å². The molecule has 3 aromatic carbocycles. The summed E-state index contributed by atoms with van der Waals surface area (Å²) in [7, 11) is 0. The Balaban J connectivity index is 0.919. The zero-order valence-electron chi connectivity index (χ0n) is 27.3. The first-order chi connectivity index (χ1) is 23.9. The summed E-state index contributed by atoms with van der Waals surface area (Å²) in [6.45, 7) is 7.37. The summed E-state index contributed by atoms with van der Waals surface area (Å²) in [6.07, 6.45) is 8.55. The lowest BCUT2D eigenvalue weighted by Gasteiger charge is -2.37. The van der Waals surface area contributed by atoms with Crippen LogP contribution in [-0.4, -0.2) is 69.4 Å². The largest absolute Gasteiger partial charge is 0.491 e. The van der Waals surface area contributed by atoms with Crippen molar-refractivity contribution < 1.29 is 14.2 Å². The van der Waals surface area contributed by atoms with Crippen molar-refractivity contribution in [1.82, 2.24) is 23.9 Å². The number of rotatable bonds is 12. The molecule has 2 aliphatic heterocycles. The van der Waals surface area contributed by atoms with Crippen LogP contribution in [0.25, 0.3) is 5.69 Å². The molecule has 0 radical (unpaired) electrons. The van der Waals surface area contributed by atoms with Crippen LogP contribution >= 0.6 is 23.2 Å². The van der Waals surface area contributed by atoms with Gasteiger partial charge in [0.15, 0.2) is 0 Å². The van der Waals surface area contributed by atoms with E-state index in [-0.39, 0.29) is 11.8 Å². The average Bonchev–Trinajstić information content (AvgIpc) is 3.88. The molecule has 2 atom stereocenters. The van der Waals surface area contributed by atoms with E-state index in [1.165, 1.54) is 4.68 Å². The van der Waals surface area contributed by atoms with Crippen molar-refractivity contribution in [3.05, 3.63) is 118 Å². The number of ether oxygens (including phenoxy) is 3. The second kappa shape index (κ2) is 14.7. The summed E-state index contributed by atoms with van der Waals surface area (Å²) >= 11 is 12.8. The molecule has 5 aromatic rings. The molecule has 2 aliphatic rings. The van der Waals surface area contributed by atoms with Crippen LogP contribution in [0.2, 0.25) is 10.0 Å². The van der Waals surface area contributed by atoms with E-state index in [1.54, 1.807) is 35.6 Å². The topological polar surface area (TPSA) is 91.8 Å². The number of unbranched alkanes of at least 4 members (excludes halogenated alkanes) is 1. The molecule has 4 heterocycles. The van der Waals surface area contributed by atoms with Crippen LogP contribution in [0.4, 0.5) is 11.4 Å². The summed E-state index contributed by atoms with van der Waals surface area (Å²) < 4.78 is 24.0. The molecule has 0 bridgehead atoms. The molecule has 0 aliphatic carbocycles. The first-order valence-electron chi connectivity index (χ1n) is 16.6. The van der Waals surface area contributed by atoms with E-state index < -0.39 is 5.79 Å². The van der Waals surface area contributed by atoms with Crippen molar-refractivity contribution in [3.8, 4) is 11.4 Å². The van der Waals surface area contributed by atoms with E-state index in [1.807, 2.05) is 41.1 Å². The van der Waals surface area contributed by atoms with Gasteiger partial charge in [-0.2, -0.15) is 5.10 Å². The maximum absolute atomic E-state index is 12.7. The van der Waals surface area contributed by atoms with Crippen LogP contribution < -0.4 is 20.2 Å². The van der Waals surface area contributed by atoms with E-state index in [4.69, 9.17) is 37.4 Å². The lowest BCUT2D eigenvalue weighted by molar-refractivity contribution is -0.189. The monoisotopic (exact) mass is 703 g/mol. The highest BCUT2D eigenvalue weighted by atomic mass is 35.5. The van der Waals surface area contributed by atoms with Crippen molar-refractivity contribution in [2.45, 2.75) is 44.7 Å². The van der Waals surface area contributed by atoms with Gasteiger partial charge in [0, 0.05) is 67.1 Å². The molecule has 2 unspecified atom stereocenters. The second-order valence-corrected chi connectivity index (χ2v) is 13.2. The number of hydrogen-bond acceptors (Lipinski definition) is 8. The number of aryl methyl sites for hydroxylation is 1. The zero-order chi connectivity index (χ0) is 33.8. The van der Waals surface area contributed by atoms with E-state index in [0.717, 1.165) is 61.8 Å². The minimum absolute atomic E-state index is 0.102. The Morgan fingerprint density at radius 2 is 1.61 bits per heavy atom. The Hall–Kier alpha value is -4.29. The molecule has 0 N–H and O–H groups in total. The van der Waals surface area contributed by atoms with Crippen LogP contribution in [0, 0.1) is 0 Å². The summed E-state index contributed by atoms with van der Waals surface area (Å²) in [5.41, 5.74) is 3.72. The predicted molar refractivity (Wildman–Crippen MR) is 190 cm³/mol. The highest BCUT2D eigenvalue weighted by Crippen LogP contribution is 2.40. The van der Waals surface area contributed by atoms with Crippen molar-refractivity contribution in [2.75, 3.05) is 49.2 Å². The Morgan fingerprint density at radius 3 is 2.27 bits per heavy atom. The fourth-order valence-corrected chi connectivity index (χ4v) is 6.89. The van der Waals surface area contributed by atoms with Gasteiger partial charge in [-0.05, 0) is 67.1 Å². The summed E-state index contributed by atoms with van der Waals surface area (Å²) in [4.78, 5) is 21.6. The number of nitrogens with zero attached hydrogens (tertiary/aromatic N) is 7. The van der Waals surface area contributed by atoms with Gasteiger partial charge < -0.3 is 28.6 Å². The molecule has 13 heteroatoms. The van der Waals surface area contributed by atoms with Crippen molar-refractivity contribution in [1.29, 1.82) is 0 Å². The van der Waals surface area contributed by atoms with E-state index in [0.29, 0.717) is 41.9 Å². The molecule has 0 amide bonds. The molecule has 2 fully saturated rings. The summed E-state index contributed by atoms with van der Waals surface area (Å²) in [5.74, 6) is -0.333. The maximum Gasteiger partial charge on any atom is 0.350 e. The lowest BCUT2D eigenvalue weighted by atomic mass is 10.1. The van der Waals surface area contributed by atoms with Crippen LogP contribution in [0.15, 0.2) is 96.6 Å². The Labute approximate surface area is 295 Å². The zero-order valence-corrected chi connectivity index (χ0v) is 28.8. The van der Waals surface area contributed by atoms with Crippen LogP contribution in [-0.2, 0) is 28.4 Å². The van der Waals surface area contributed by atoms with Gasteiger partial charge >= 0.3 is 5.69 Å². The molecule has 0 saturated carbocycles. The normalized spacial score (nSPS) is 19.4. The SMILES string of the molecule is CCCCn1ncn(-c2ccc(N3CCN(c4ccc(OCC5COC(Cn6ccnc6)(c6ccc(Cl)cc6Cl)O5)cc4)CC3)cc2)c1=O. The van der Waals surface area contributed by atoms with Crippen molar-refractivity contribution in [2.24, 2.45) is 0 Å². The lowest BCUT2D eigenvalue weighted by Crippen LogP contribution is -2.46. The molecular formula is C36H39Cl2N7O4. The van der Waals surface area contributed by atoms with Crippen LogP contribution in [0.1, 0.15) is 25.3 Å². The fraction of sp³-hybridized carbons (Fsp3) is 0.361. The Bertz CT molecular complexity index is 1890. The Kier molecular flexibility index (Phi) is 9.95. The highest BCUT2D eigenvalue weighted by molar-refractivity contribution is 6.35.